The van der Waals surface area contributed by atoms with Crippen LogP contribution in [0.3, 0.4) is 0 Å². The van der Waals surface area contributed by atoms with Crippen LogP contribution in [0.4, 0.5) is 17.1 Å². The fourth-order valence-corrected chi connectivity index (χ4v) is 9.53. The number of allylic oxidation sites excluding steroid dienone is 11. The van der Waals surface area contributed by atoms with Gasteiger partial charge in [0.2, 0.25) is 0 Å². The van der Waals surface area contributed by atoms with Gasteiger partial charge in [0, 0.05) is 53.5 Å². The molecule has 7 rings (SSSR count). The highest BCUT2D eigenvalue weighted by Gasteiger charge is 2.30. The number of benzene rings is 4. The predicted octanol–water partition coefficient (Wildman–Crippen LogP) is 16.7. The Bertz CT molecular complexity index is 2510. The maximum absolute atomic E-state index is 6.03. The summed E-state index contributed by atoms with van der Waals surface area (Å²) in [4.78, 5) is 5.07. The summed E-state index contributed by atoms with van der Waals surface area (Å²) in [5.74, 6) is 0.704. The number of hydrogen-bond acceptors (Lipinski definition) is 4. The third-order valence-corrected chi connectivity index (χ3v) is 13.8. The van der Waals surface area contributed by atoms with Crippen LogP contribution >= 0.6 is 0 Å². The van der Waals surface area contributed by atoms with Gasteiger partial charge in [-0.05, 0) is 160 Å². The Morgan fingerprint density at radius 2 is 1.19 bits per heavy atom. The Morgan fingerprint density at radius 1 is 0.647 bits per heavy atom. The highest BCUT2D eigenvalue weighted by atomic mass is 16.5. The molecule has 0 bridgehead atoms. The standard InChI is InChI=1S/C64H76N2O2/c1-9-47(3)15-16-50(6)45-67-41-11-13-54-25-35-61(36-26-54)65(59-31-17-48(4)18-32-59)63-39-29-57(43-51(63)7)58-30-40-64(52(8)44-58)66(60-33-19-49(5)20-34-60)62-37-27-55(28-38-62)14-12-42-68-46-56-23-21-53(10-2)22-24-56/h10,17-33,35-40,51-52,60H,2-3,6,9,11-16,34,41-46H2,1,4-5,7-8H3. The van der Waals surface area contributed by atoms with Crippen molar-refractivity contribution in [2.24, 2.45) is 11.8 Å². The molecule has 0 saturated heterocycles. The van der Waals surface area contributed by atoms with Crippen LogP contribution in [0.25, 0.3) is 6.08 Å². The molecule has 4 aromatic rings. The number of anilines is 3. The van der Waals surface area contributed by atoms with E-state index in [2.05, 4.69) is 204 Å². The van der Waals surface area contributed by atoms with Crippen molar-refractivity contribution in [2.45, 2.75) is 111 Å². The second-order valence-electron chi connectivity index (χ2n) is 19.4. The van der Waals surface area contributed by atoms with E-state index >= 15 is 0 Å². The lowest BCUT2D eigenvalue weighted by atomic mass is 9.81. The number of hydrogen-bond donors (Lipinski definition) is 0. The molecule has 68 heavy (non-hydrogen) atoms. The molecule has 4 aromatic carbocycles. The summed E-state index contributed by atoms with van der Waals surface area (Å²) in [6.07, 6.45) is 28.5. The number of aryl methyl sites for hydroxylation is 3. The largest absolute Gasteiger partial charge is 0.377 e. The van der Waals surface area contributed by atoms with Crippen LogP contribution in [0.1, 0.15) is 107 Å². The molecule has 3 atom stereocenters. The lowest BCUT2D eigenvalue weighted by Crippen LogP contribution is -2.37. The predicted molar refractivity (Wildman–Crippen MR) is 291 cm³/mol. The molecule has 0 N–H and O–H groups in total. The van der Waals surface area contributed by atoms with Crippen molar-refractivity contribution >= 4 is 23.1 Å². The first-order valence-electron chi connectivity index (χ1n) is 25.3. The fourth-order valence-electron chi connectivity index (χ4n) is 9.53. The minimum Gasteiger partial charge on any atom is -0.377 e. The zero-order valence-corrected chi connectivity index (χ0v) is 41.8. The molecule has 4 heteroatoms. The van der Waals surface area contributed by atoms with Gasteiger partial charge >= 0.3 is 0 Å². The Balaban J connectivity index is 1.02. The number of nitrogens with zero attached hydrogens (tertiary/aromatic N) is 2. The fraction of sp³-hybridized carbons (Fsp3) is 0.344. The van der Waals surface area contributed by atoms with Gasteiger partial charge in [-0.25, -0.2) is 0 Å². The first-order chi connectivity index (χ1) is 33.1. The average Bonchev–Trinajstić information content (AvgIpc) is 3.36. The van der Waals surface area contributed by atoms with Crippen LogP contribution in [0.15, 0.2) is 199 Å². The Morgan fingerprint density at radius 3 is 1.75 bits per heavy atom. The molecule has 0 radical (unpaired) electrons. The minimum absolute atomic E-state index is 0.273. The van der Waals surface area contributed by atoms with E-state index in [4.69, 9.17) is 9.47 Å². The van der Waals surface area contributed by atoms with E-state index in [1.807, 2.05) is 6.08 Å². The molecule has 3 aliphatic rings. The molecule has 354 valence electrons. The zero-order valence-electron chi connectivity index (χ0n) is 41.8. The van der Waals surface area contributed by atoms with Crippen LogP contribution in [-0.4, -0.2) is 25.9 Å². The zero-order chi connectivity index (χ0) is 47.8. The normalized spacial score (nSPS) is 17.9. The molecule has 3 aliphatic carbocycles. The van der Waals surface area contributed by atoms with E-state index in [1.54, 1.807) is 0 Å². The number of ether oxygens (including phenoxy) is 2. The summed E-state index contributed by atoms with van der Waals surface area (Å²) in [6.45, 7) is 26.3. The summed E-state index contributed by atoms with van der Waals surface area (Å²) >= 11 is 0. The molecule has 0 aromatic heterocycles. The summed E-state index contributed by atoms with van der Waals surface area (Å²) in [7, 11) is 0. The molecule has 3 unspecified atom stereocenters. The maximum atomic E-state index is 6.03. The van der Waals surface area contributed by atoms with Gasteiger partial charge in [-0.15, -0.1) is 0 Å². The third-order valence-electron chi connectivity index (χ3n) is 13.8. The average molecular weight is 905 g/mol. The molecule has 0 amide bonds. The molecule has 0 saturated carbocycles. The Kier molecular flexibility index (Phi) is 18.3. The van der Waals surface area contributed by atoms with Crippen LogP contribution in [0.5, 0.6) is 0 Å². The molecule has 4 nitrogen and oxygen atoms in total. The molecule has 0 aliphatic heterocycles. The SMILES string of the molecule is C=Cc1ccc(COCCCc2ccc(N(C3=CC=C(C4=CC=C(N(c5ccc(C)cc5)c5ccc(CCCOCC(=C)CCC(=C)CC)cc5)C(C)C4)CC3C)C3C=CC(C)=CC3)cc2)cc1. The monoisotopic (exact) mass is 905 g/mol. The van der Waals surface area contributed by atoms with Crippen molar-refractivity contribution < 1.29 is 9.47 Å². The van der Waals surface area contributed by atoms with Gasteiger partial charge < -0.3 is 19.3 Å². The van der Waals surface area contributed by atoms with Crippen LogP contribution in [0.2, 0.25) is 0 Å². The molecular formula is C64H76N2O2. The first kappa shape index (κ1) is 50.0. The van der Waals surface area contributed by atoms with Gasteiger partial charge in [0.1, 0.15) is 0 Å². The van der Waals surface area contributed by atoms with E-state index in [9.17, 15) is 0 Å². The quantitative estimate of drug-likeness (QED) is 0.0517. The van der Waals surface area contributed by atoms with Crippen molar-refractivity contribution in [3.8, 4) is 0 Å². The van der Waals surface area contributed by atoms with Crippen molar-refractivity contribution in [3.05, 3.63) is 226 Å². The summed E-state index contributed by atoms with van der Waals surface area (Å²) in [5.41, 5.74) is 19.3. The lowest BCUT2D eigenvalue weighted by Gasteiger charge is -2.39. The van der Waals surface area contributed by atoms with Crippen LogP contribution in [0, 0.1) is 18.8 Å². The van der Waals surface area contributed by atoms with E-state index in [-0.39, 0.29) is 6.04 Å². The first-order valence-corrected chi connectivity index (χ1v) is 25.3. The van der Waals surface area contributed by atoms with Crippen LogP contribution < -0.4 is 9.80 Å². The van der Waals surface area contributed by atoms with E-state index in [0.29, 0.717) is 25.0 Å². The Hall–Kier alpha value is -5.94. The van der Waals surface area contributed by atoms with Crippen LogP contribution in [-0.2, 0) is 28.9 Å². The summed E-state index contributed by atoms with van der Waals surface area (Å²) in [6, 6.07) is 36.1. The van der Waals surface area contributed by atoms with Gasteiger partial charge in [-0.1, -0.05) is 160 Å². The van der Waals surface area contributed by atoms with E-state index in [0.717, 1.165) is 88.6 Å². The molecule has 0 spiro atoms. The second-order valence-corrected chi connectivity index (χ2v) is 19.4. The molecule has 0 heterocycles. The topological polar surface area (TPSA) is 24.9 Å². The van der Waals surface area contributed by atoms with Crippen molar-refractivity contribution in [3.63, 3.8) is 0 Å². The van der Waals surface area contributed by atoms with Gasteiger partial charge in [0.15, 0.2) is 0 Å². The smallest absolute Gasteiger partial charge is 0.0716 e. The summed E-state index contributed by atoms with van der Waals surface area (Å²) < 4.78 is 12.0. The third kappa shape index (κ3) is 13.8. The van der Waals surface area contributed by atoms with Gasteiger partial charge in [0.25, 0.3) is 0 Å². The van der Waals surface area contributed by atoms with E-state index < -0.39 is 0 Å². The van der Waals surface area contributed by atoms with Gasteiger partial charge in [-0.2, -0.15) is 0 Å². The highest BCUT2D eigenvalue weighted by molar-refractivity contribution is 5.70. The minimum atomic E-state index is 0.273. The van der Waals surface area contributed by atoms with Crippen molar-refractivity contribution in [1.82, 2.24) is 0 Å². The maximum Gasteiger partial charge on any atom is 0.0716 e. The van der Waals surface area contributed by atoms with E-state index in [1.165, 1.54) is 73.0 Å². The highest BCUT2D eigenvalue weighted by Crippen LogP contribution is 2.42. The lowest BCUT2D eigenvalue weighted by molar-refractivity contribution is 0.118. The van der Waals surface area contributed by atoms with Crippen molar-refractivity contribution in [1.29, 1.82) is 0 Å². The molecule has 0 fully saturated rings. The summed E-state index contributed by atoms with van der Waals surface area (Å²) in [5, 5.41) is 0. The van der Waals surface area contributed by atoms with Gasteiger partial charge in [0.05, 0.1) is 19.3 Å². The second kappa shape index (κ2) is 24.9. The number of rotatable bonds is 24. The van der Waals surface area contributed by atoms with Gasteiger partial charge in [-0.3, -0.25) is 0 Å². The molecular weight excluding hydrogens is 829 g/mol. The van der Waals surface area contributed by atoms with Crippen molar-refractivity contribution in [2.75, 3.05) is 29.6 Å². The Labute approximate surface area is 410 Å².